The van der Waals surface area contributed by atoms with Crippen LogP contribution in [0.3, 0.4) is 0 Å². The highest BCUT2D eigenvalue weighted by atomic mass is 16.3. The maximum absolute atomic E-state index is 5.24. The van der Waals surface area contributed by atoms with Crippen LogP contribution in [-0.2, 0) is 13.0 Å². The lowest BCUT2D eigenvalue weighted by Gasteiger charge is -2.03. The summed E-state index contributed by atoms with van der Waals surface area (Å²) in [5.74, 6) is 1.000. The van der Waals surface area contributed by atoms with Crippen molar-refractivity contribution in [3.63, 3.8) is 0 Å². The van der Waals surface area contributed by atoms with Gasteiger partial charge in [-0.2, -0.15) is 0 Å². The quantitative estimate of drug-likeness (QED) is 0.749. The highest BCUT2D eigenvalue weighted by Crippen LogP contribution is 2.02. The number of aryl methyl sites for hydroxylation is 1. The van der Waals surface area contributed by atoms with Crippen LogP contribution in [-0.4, -0.2) is 6.54 Å². The van der Waals surface area contributed by atoms with Gasteiger partial charge in [0.05, 0.1) is 12.8 Å². The van der Waals surface area contributed by atoms with Gasteiger partial charge in [-0.15, -0.1) is 0 Å². The predicted molar refractivity (Wildman–Crippen MR) is 65.2 cm³/mol. The van der Waals surface area contributed by atoms with Gasteiger partial charge in [-0.25, -0.2) is 0 Å². The zero-order valence-electron chi connectivity index (χ0n) is 9.36. The van der Waals surface area contributed by atoms with Crippen molar-refractivity contribution in [1.29, 1.82) is 0 Å². The lowest BCUT2D eigenvalue weighted by Crippen LogP contribution is -2.14. The van der Waals surface area contributed by atoms with E-state index in [1.165, 1.54) is 5.56 Å². The van der Waals surface area contributed by atoms with Crippen molar-refractivity contribution < 1.29 is 4.42 Å². The van der Waals surface area contributed by atoms with Crippen LogP contribution in [0.5, 0.6) is 0 Å². The molecule has 0 spiro atoms. The van der Waals surface area contributed by atoms with Gasteiger partial charge in [0, 0.05) is 0 Å². The van der Waals surface area contributed by atoms with Crippen LogP contribution in [0, 0.1) is 0 Å². The fraction of sp³-hybridized carbons (Fsp3) is 0.286. The molecule has 0 saturated carbocycles. The number of furan rings is 1. The molecule has 0 aliphatic carbocycles. The molecule has 1 aromatic heterocycles. The van der Waals surface area contributed by atoms with E-state index in [1.807, 2.05) is 12.1 Å². The monoisotopic (exact) mass is 215 g/mol. The van der Waals surface area contributed by atoms with Gasteiger partial charge in [-0.05, 0) is 37.1 Å². The van der Waals surface area contributed by atoms with Crippen molar-refractivity contribution in [2.24, 2.45) is 0 Å². The van der Waals surface area contributed by atoms with Crippen LogP contribution >= 0.6 is 0 Å². The molecule has 0 amide bonds. The molecule has 2 heteroatoms. The topological polar surface area (TPSA) is 25.2 Å². The highest BCUT2D eigenvalue weighted by molar-refractivity contribution is 5.14. The van der Waals surface area contributed by atoms with E-state index in [2.05, 4.69) is 35.6 Å². The lowest BCUT2D eigenvalue weighted by molar-refractivity contribution is 0.481. The smallest absolute Gasteiger partial charge is 0.117 e. The normalized spacial score (nSPS) is 10.5. The molecule has 0 unspecified atom stereocenters. The van der Waals surface area contributed by atoms with E-state index in [0.717, 1.165) is 31.7 Å². The molecule has 1 N–H and O–H groups in total. The zero-order valence-corrected chi connectivity index (χ0v) is 9.36. The molecule has 0 atom stereocenters. The first-order valence-corrected chi connectivity index (χ1v) is 5.72. The number of benzene rings is 1. The Morgan fingerprint density at radius 1 is 1.00 bits per heavy atom. The second-order valence-electron chi connectivity index (χ2n) is 3.85. The highest BCUT2D eigenvalue weighted by Gasteiger charge is 1.95. The molecule has 0 aliphatic rings. The minimum Gasteiger partial charge on any atom is -0.468 e. The molecule has 2 aromatic rings. The summed E-state index contributed by atoms with van der Waals surface area (Å²) in [7, 11) is 0. The van der Waals surface area contributed by atoms with Crippen LogP contribution in [0.25, 0.3) is 0 Å². The summed E-state index contributed by atoms with van der Waals surface area (Å²) < 4.78 is 5.24. The Balaban J connectivity index is 1.59. The first-order chi connectivity index (χ1) is 7.95. The third-order valence-electron chi connectivity index (χ3n) is 2.54. The number of rotatable bonds is 6. The largest absolute Gasteiger partial charge is 0.468 e. The molecule has 0 bridgehead atoms. The van der Waals surface area contributed by atoms with E-state index in [9.17, 15) is 0 Å². The Morgan fingerprint density at radius 3 is 2.62 bits per heavy atom. The second kappa shape index (κ2) is 6.13. The van der Waals surface area contributed by atoms with E-state index in [1.54, 1.807) is 6.26 Å². The molecule has 16 heavy (non-hydrogen) atoms. The summed E-state index contributed by atoms with van der Waals surface area (Å²) in [6, 6.07) is 14.5. The standard InChI is InChI=1S/C14H17NO/c1-2-6-13(7-3-1)8-4-10-15-12-14-9-5-11-16-14/h1-3,5-7,9,11,15H,4,8,10,12H2. The van der Waals surface area contributed by atoms with Crippen LogP contribution in [0.1, 0.15) is 17.7 Å². The number of hydrogen-bond acceptors (Lipinski definition) is 2. The zero-order chi connectivity index (χ0) is 11.1. The Kier molecular flexibility index (Phi) is 4.20. The van der Waals surface area contributed by atoms with Gasteiger partial charge in [-0.1, -0.05) is 30.3 Å². The minimum absolute atomic E-state index is 0.821. The average Bonchev–Trinajstić information content (AvgIpc) is 2.83. The molecule has 0 saturated heterocycles. The van der Waals surface area contributed by atoms with Gasteiger partial charge < -0.3 is 9.73 Å². The fourth-order valence-corrected chi connectivity index (χ4v) is 1.69. The van der Waals surface area contributed by atoms with Gasteiger partial charge in [0.15, 0.2) is 0 Å². The van der Waals surface area contributed by atoms with E-state index in [-0.39, 0.29) is 0 Å². The summed E-state index contributed by atoms with van der Waals surface area (Å²) in [5, 5.41) is 3.36. The molecule has 2 rings (SSSR count). The van der Waals surface area contributed by atoms with Crippen LogP contribution < -0.4 is 5.32 Å². The Bertz CT molecular complexity index is 380. The third-order valence-corrected chi connectivity index (χ3v) is 2.54. The summed E-state index contributed by atoms with van der Waals surface area (Å²) in [6.45, 7) is 1.84. The molecular formula is C14H17NO. The van der Waals surface area contributed by atoms with E-state index >= 15 is 0 Å². The predicted octanol–water partition coefficient (Wildman–Crippen LogP) is 3.00. The van der Waals surface area contributed by atoms with Crippen LogP contribution in [0.4, 0.5) is 0 Å². The summed E-state index contributed by atoms with van der Waals surface area (Å²) >= 11 is 0. The number of nitrogens with one attached hydrogen (secondary N) is 1. The Labute approximate surface area is 96.3 Å². The van der Waals surface area contributed by atoms with E-state index < -0.39 is 0 Å². The van der Waals surface area contributed by atoms with E-state index in [4.69, 9.17) is 4.42 Å². The molecule has 1 aromatic carbocycles. The summed E-state index contributed by atoms with van der Waals surface area (Å²) in [6.07, 6.45) is 4.00. The van der Waals surface area contributed by atoms with Crippen molar-refractivity contribution in [2.45, 2.75) is 19.4 Å². The maximum Gasteiger partial charge on any atom is 0.117 e. The first-order valence-electron chi connectivity index (χ1n) is 5.72. The van der Waals surface area contributed by atoms with Gasteiger partial charge in [-0.3, -0.25) is 0 Å². The SMILES string of the molecule is c1ccc(CCCNCc2ccco2)cc1. The lowest BCUT2D eigenvalue weighted by atomic mass is 10.1. The minimum atomic E-state index is 0.821. The van der Waals surface area contributed by atoms with Gasteiger partial charge in [0.25, 0.3) is 0 Å². The average molecular weight is 215 g/mol. The molecule has 0 aliphatic heterocycles. The molecular weight excluding hydrogens is 198 g/mol. The van der Waals surface area contributed by atoms with Crippen LogP contribution in [0.15, 0.2) is 53.1 Å². The van der Waals surface area contributed by atoms with Crippen molar-refractivity contribution in [2.75, 3.05) is 6.54 Å². The van der Waals surface area contributed by atoms with Crippen molar-refractivity contribution in [3.8, 4) is 0 Å². The Morgan fingerprint density at radius 2 is 1.88 bits per heavy atom. The molecule has 84 valence electrons. The van der Waals surface area contributed by atoms with Crippen molar-refractivity contribution >= 4 is 0 Å². The van der Waals surface area contributed by atoms with Gasteiger partial charge >= 0.3 is 0 Å². The van der Waals surface area contributed by atoms with Crippen LogP contribution in [0.2, 0.25) is 0 Å². The first kappa shape index (κ1) is 11.0. The Hall–Kier alpha value is -1.54. The fourth-order valence-electron chi connectivity index (χ4n) is 1.69. The second-order valence-corrected chi connectivity index (χ2v) is 3.85. The maximum atomic E-state index is 5.24. The third kappa shape index (κ3) is 3.55. The summed E-state index contributed by atoms with van der Waals surface area (Å²) in [4.78, 5) is 0. The van der Waals surface area contributed by atoms with Crippen molar-refractivity contribution in [3.05, 3.63) is 60.1 Å². The molecule has 2 nitrogen and oxygen atoms in total. The van der Waals surface area contributed by atoms with E-state index in [0.29, 0.717) is 0 Å². The summed E-state index contributed by atoms with van der Waals surface area (Å²) in [5.41, 5.74) is 1.40. The van der Waals surface area contributed by atoms with Gasteiger partial charge in [0.1, 0.15) is 5.76 Å². The molecule has 0 fully saturated rings. The molecule has 1 heterocycles. The molecule has 0 radical (unpaired) electrons. The van der Waals surface area contributed by atoms with Gasteiger partial charge in [0.2, 0.25) is 0 Å². The van der Waals surface area contributed by atoms with Crippen molar-refractivity contribution in [1.82, 2.24) is 5.32 Å². The number of hydrogen-bond donors (Lipinski definition) is 1.